The van der Waals surface area contributed by atoms with Crippen molar-refractivity contribution in [2.45, 2.75) is 32.4 Å². The molecule has 0 N–H and O–H groups in total. The van der Waals surface area contributed by atoms with Crippen molar-refractivity contribution >= 4 is 35.2 Å². The van der Waals surface area contributed by atoms with Crippen LogP contribution in [0.25, 0.3) is 0 Å². The number of carbonyl (C=O) groups is 1. The van der Waals surface area contributed by atoms with E-state index in [-0.39, 0.29) is 16.1 Å². The van der Waals surface area contributed by atoms with Crippen LogP contribution in [-0.4, -0.2) is 25.0 Å². The van der Waals surface area contributed by atoms with Gasteiger partial charge in [0.05, 0.1) is 16.3 Å². The maximum absolute atomic E-state index is 13.0. The number of anilines is 3. The van der Waals surface area contributed by atoms with Crippen LogP contribution in [-0.2, 0) is 16.4 Å². The Bertz CT molecular complexity index is 1250. The number of hydrogen-bond acceptors (Lipinski definition) is 3. The second-order valence-electron chi connectivity index (χ2n) is 8.77. The van der Waals surface area contributed by atoms with Gasteiger partial charge in [-0.15, -0.1) is 0 Å². The summed E-state index contributed by atoms with van der Waals surface area (Å²) in [6.45, 7) is 6.38. The monoisotopic (exact) mass is 511 g/mol. The lowest BCUT2D eigenvalue weighted by molar-refractivity contribution is -0.137. The summed E-state index contributed by atoms with van der Waals surface area (Å²) < 4.78 is 64.7. The molecule has 2 heterocycles. The molecule has 4 nitrogen and oxygen atoms in total. The Morgan fingerprint density at radius 2 is 1.74 bits per heavy atom. The van der Waals surface area contributed by atoms with E-state index in [2.05, 4.69) is 18.8 Å². The molecule has 186 valence electrons. The molecule has 0 spiro atoms. The number of aryl methyl sites for hydroxylation is 1. The number of aromatic nitrogens is 1. The van der Waals surface area contributed by atoms with Crippen molar-refractivity contribution in [2.24, 2.45) is 0 Å². The first-order valence-corrected chi connectivity index (χ1v) is 10.9. The predicted molar refractivity (Wildman–Crippen MR) is 126 cm³/mol. The van der Waals surface area contributed by atoms with Crippen LogP contribution in [0.1, 0.15) is 30.7 Å². The van der Waals surface area contributed by atoms with Gasteiger partial charge >= 0.3 is 6.18 Å². The molecule has 0 atom stereocenters. The van der Waals surface area contributed by atoms with Crippen LogP contribution in [0, 0.1) is 18.6 Å². The highest BCUT2D eigenvalue weighted by molar-refractivity contribution is 6.31. The van der Waals surface area contributed by atoms with Crippen molar-refractivity contribution in [3.63, 3.8) is 0 Å². The molecule has 0 fully saturated rings. The molecule has 1 aromatic heterocycles. The molecule has 0 aliphatic carbocycles. The summed E-state index contributed by atoms with van der Waals surface area (Å²) in [4.78, 5) is 17.4. The zero-order chi connectivity index (χ0) is 26.1. The maximum Gasteiger partial charge on any atom is 0.416 e. The van der Waals surface area contributed by atoms with E-state index in [4.69, 9.17) is 11.6 Å². The van der Waals surface area contributed by atoms with Gasteiger partial charge in [-0.25, -0.2) is 13.8 Å². The number of halogens is 6. The number of para-hydroxylation sites is 1. The minimum atomic E-state index is -4.36. The standard InChI is InChI=1S/C17H17F3N2.C8H6ClF2NO/c1-11-8-12(17(18,19)20)9-15(21-11)22-10-16(2,3)13-6-4-5-7-14(13)22;1-12(4-13)8-2-5(9)6(10)3-7(8)11/h4-9H,10H2,1-3H3;2-4H,1H3. The van der Waals surface area contributed by atoms with Crippen LogP contribution in [0.4, 0.5) is 39.1 Å². The van der Waals surface area contributed by atoms with E-state index < -0.39 is 23.4 Å². The smallest absolute Gasteiger partial charge is 0.325 e. The SMILES string of the molecule is CN(C=O)c1cc(Cl)c(F)cc1F.Cc1cc(C(F)(F)F)cc(N2CC(C)(C)c3ccccc32)n1. The predicted octanol–water partition coefficient (Wildman–Crippen LogP) is 7.05. The number of pyridine rings is 1. The van der Waals surface area contributed by atoms with E-state index >= 15 is 0 Å². The van der Waals surface area contributed by atoms with Gasteiger partial charge in [0, 0.05) is 36.5 Å². The number of hydrogen-bond donors (Lipinski definition) is 0. The molecule has 0 radical (unpaired) electrons. The zero-order valence-electron chi connectivity index (χ0n) is 19.4. The van der Waals surface area contributed by atoms with Crippen LogP contribution in [0.3, 0.4) is 0 Å². The number of alkyl halides is 3. The lowest BCUT2D eigenvalue weighted by Gasteiger charge is -2.23. The molecule has 0 saturated carbocycles. The van der Waals surface area contributed by atoms with Gasteiger partial charge in [-0.2, -0.15) is 13.2 Å². The van der Waals surface area contributed by atoms with Gasteiger partial charge in [-0.05, 0) is 36.8 Å². The topological polar surface area (TPSA) is 36.4 Å². The van der Waals surface area contributed by atoms with Crippen molar-refractivity contribution in [2.75, 3.05) is 23.4 Å². The number of fused-ring (bicyclic) bond motifs is 1. The first-order valence-electron chi connectivity index (χ1n) is 10.5. The Hall–Kier alpha value is -3.20. The fourth-order valence-corrected chi connectivity index (χ4v) is 4.00. The molecule has 0 bridgehead atoms. The first-order chi connectivity index (χ1) is 16.2. The fourth-order valence-electron chi connectivity index (χ4n) is 3.84. The molecule has 2 aromatic carbocycles. The lowest BCUT2D eigenvalue weighted by Crippen LogP contribution is -2.26. The molecule has 0 unspecified atom stereocenters. The zero-order valence-corrected chi connectivity index (χ0v) is 20.2. The second kappa shape index (κ2) is 9.81. The highest BCUT2D eigenvalue weighted by atomic mass is 35.5. The summed E-state index contributed by atoms with van der Waals surface area (Å²) in [5.74, 6) is -1.32. The number of amides is 1. The molecule has 1 aliphatic heterocycles. The highest BCUT2D eigenvalue weighted by Gasteiger charge is 2.37. The summed E-state index contributed by atoms with van der Waals surface area (Å²) >= 11 is 5.40. The molecular weight excluding hydrogens is 489 g/mol. The van der Waals surface area contributed by atoms with Crippen molar-refractivity contribution in [1.82, 2.24) is 4.98 Å². The van der Waals surface area contributed by atoms with Crippen LogP contribution in [0.2, 0.25) is 5.02 Å². The van der Waals surface area contributed by atoms with Gasteiger partial charge in [0.2, 0.25) is 6.41 Å². The van der Waals surface area contributed by atoms with Gasteiger partial charge in [0.1, 0.15) is 17.5 Å². The van der Waals surface area contributed by atoms with Crippen molar-refractivity contribution in [3.05, 3.63) is 82.0 Å². The van der Waals surface area contributed by atoms with E-state index in [9.17, 15) is 26.7 Å². The molecule has 0 saturated heterocycles. The third-order valence-corrected chi connectivity index (χ3v) is 5.84. The molecule has 1 amide bonds. The number of nitrogens with zero attached hydrogens (tertiary/aromatic N) is 3. The van der Waals surface area contributed by atoms with Crippen LogP contribution in [0.15, 0.2) is 48.5 Å². The number of carbonyl (C=O) groups excluding carboxylic acids is 1. The summed E-state index contributed by atoms with van der Waals surface area (Å²) in [6, 6.07) is 11.7. The van der Waals surface area contributed by atoms with Crippen molar-refractivity contribution in [3.8, 4) is 0 Å². The minimum absolute atomic E-state index is 0.0543. The summed E-state index contributed by atoms with van der Waals surface area (Å²) in [5.41, 5.74) is 1.59. The molecule has 4 rings (SSSR count). The molecule has 1 aliphatic rings. The maximum atomic E-state index is 13.0. The Labute approximate surface area is 204 Å². The minimum Gasteiger partial charge on any atom is -0.325 e. The average molecular weight is 512 g/mol. The molecule has 3 aromatic rings. The van der Waals surface area contributed by atoms with E-state index in [0.717, 1.165) is 34.3 Å². The van der Waals surface area contributed by atoms with E-state index in [1.807, 2.05) is 29.2 Å². The molecule has 35 heavy (non-hydrogen) atoms. The normalized spacial score (nSPS) is 14.2. The quantitative estimate of drug-likeness (QED) is 0.215. The molecular formula is C25H23ClF5N3O. The van der Waals surface area contributed by atoms with Gasteiger partial charge < -0.3 is 9.80 Å². The Morgan fingerprint density at radius 1 is 1.09 bits per heavy atom. The van der Waals surface area contributed by atoms with Crippen LogP contribution < -0.4 is 9.80 Å². The van der Waals surface area contributed by atoms with Gasteiger partial charge in [-0.3, -0.25) is 4.79 Å². The van der Waals surface area contributed by atoms with Crippen molar-refractivity contribution < 1.29 is 26.7 Å². The van der Waals surface area contributed by atoms with E-state index in [1.165, 1.54) is 7.05 Å². The number of rotatable bonds is 3. The Morgan fingerprint density at radius 3 is 2.37 bits per heavy atom. The van der Waals surface area contributed by atoms with Crippen molar-refractivity contribution in [1.29, 1.82) is 0 Å². The van der Waals surface area contributed by atoms with Crippen LogP contribution >= 0.6 is 11.6 Å². The first kappa shape index (κ1) is 26.4. The fraction of sp³-hybridized carbons (Fsp3) is 0.280. The van der Waals surface area contributed by atoms with Gasteiger partial charge in [0.15, 0.2) is 0 Å². The van der Waals surface area contributed by atoms with Crippen LogP contribution in [0.5, 0.6) is 0 Å². The summed E-state index contributed by atoms with van der Waals surface area (Å²) in [7, 11) is 1.35. The number of benzene rings is 2. The van der Waals surface area contributed by atoms with E-state index in [1.54, 1.807) is 6.92 Å². The largest absolute Gasteiger partial charge is 0.416 e. The highest BCUT2D eigenvalue weighted by Crippen LogP contribution is 2.44. The second-order valence-corrected chi connectivity index (χ2v) is 9.18. The lowest BCUT2D eigenvalue weighted by atomic mass is 9.87. The average Bonchev–Trinajstić information content (AvgIpc) is 3.06. The van der Waals surface area contributed by atoms with Gasteiger partial charge in [0.25, 0.3) is 0 Å². The Kier molecular flexibility index (Phi) is 7.40. The molecule has 10 heteroatoms. The third-order valence-electron chi connectivity index (χ3n) is 5.55. The summed E-state index contributed by atoms with van der Waals surface area (Å²) in [5, 5.41) is -0.217. The van der Waals surface area contributed by atoms with E-state index in [0.29, 0.717) is 30.5 Å². The third kappa shape index (κ3) is 5.73. The van der Waals surface area contributed by atoms with Gasteiger partial charge in [-0.1, -0.05) is 43.6 Å². The summed E-state index contributed by atoms with van der Waals surface area (Å²) in [6.07, 6.45) is -3.95. The Balaban J connectivity index is 0.000000225.